The van der Waals surface area contributed by atoms with E-state index in [0.29, 0.717) is 6.42 Å². The van der Waals surface area contributed by atoms with Gasteiger partial charge in [-0.05, 0) is 19.3 Å². The fourth-order valence-corrected chi connectivity index (χ4v) is 3.56. The molecule has 3 saturated heterocycles. The molecule has 4 nitrogen and oxygen atoms in total. The van der Waals surface area contributed by atoms with Crippen LogP contribution < -0.4 is 0 Å². The fraction of sp³-hybridized carbons (Fsp3) is 0.833. The summed E-state index contributed by atoms with van der Waals surface area (Å²) in [7, 11) is 0. The number of amides is 1. The van der Waals surface area contributed by atoms with Gasteiger partial charge in [0.1, 0.15) is 6.10 Å². The highest BCUT2D eigenvalue weighted by Crippen LogP contribution is 2.41. The Morgan fingerprint density at radius 1 is 1.31 bits per heavy atom. The minimum atomic E-state index is -0.0730. The van der Waals surface area contributed by atoms with Gasteiger partial charge in [-0.2, -0.15) is 0 Å². The molecule has 0 saturated carbocycles. The Bertz CT molecular complexity index is 339. The van der Waals surface area contributed by atoms with Crippen LogP contribution in [-0.4, -0.2) is 35.5 Å². The first-order valence-corrected chi connectivity index (χ1v) is 6.18. The molecule has 0 N–H and O–H groups in total. The van der Waals surface area contributed by atoms with Crippen LogP contribution in [0.5, 0.6) is 0 Å². The van der Waals surface area contributed by atoms with E-state index in [1.807, 2.05) is 11.8 Å². The number of fused-ring (bicyclic) bond motifs is 3. The normalized spacial score (nSPS) is 42.7. The molecule has 0 spiro atoms. The zero-order chi connectivity index (χ0) is 11.3. The molecule has 0 aromatic heterocycles. The van der Waals surface area contributed by atoms with Crippen molar-refractivity contribution in [3.05, 3.63) is 0 Å². The topological polar surface area (TPSA) is 46.6 Å². The van der Waals surface area contributed by atoms with E-state index in [4.69, 9.17) is 4.74 Å². The highest BCUT2D eigenvalue weighted by molar-refractivity contribution is 5.80. The van der Waals surface area contributed by atoms with Crippen LogP contribution in [0.3, 0.4) is 0 Å². The number of esters is 1. The largest absolute Gasteiger partial charge is 0.462 e. The Kier molecular flexibility index (Phi) is 2.19. The zero-order valence-corrected chi connectivity index (χ0v) is 9.52. The lowest BCUT2D eigenvalue weighted by Gasteiger charge is -2.29. The third kappa shape index (κ3) is 1.28. The molecule has 3 aliphatic rings. The maximum absolute atomic E-state index is 11.7. The molecule has 4 atom stereocenters. The number of ether oxygens (including phenoxy) is 1. The van der Waals surface area contributed by atoms with Crippen molar-refractivity contribution in [2.24, 2.45) is 11.8 Å². The molecule has 4 heteroatoms. The van der Waals surface area contributed by atoms with Crippen molar-refractivity contribution in [2.75, 3.05) is 6.54 Å². The Morgan fingerprint density at radius 2 is 2.12 bits per heavy atom. The second kappa shape index (κ2) is 3.47. The van der Waals surface area contributed by atoms with Gasteiger partial charge in [-0.25, -0.2) is 0 Å². The van der Waals surface area contributed by atoms with Gasteiger partial charge in [0.15, 0.2) is 0 Å². The van der Waals surface area contributed by atoms with Crippen LogP contribution in [-0.2, 0) is 14.3 Å². The molecule has 3 fully saturated rings. The van der Waals surface area contributed by atoms with Crippen LogP contribution in [0.25, 0.3) is 0 Å². The van der Waals surface area contributed by atoms with Gasteiger partial charge < -0.3 is 9.64 Å². The van der Waals surface area contributed by atoms with Crippen LogP contribution in [0.4, 0.5) is 0 Å². The van der Waals surface area contributed by atoms with Gasteiger partial charge in [-0.1, -0.05) is 6.92 Å². The monoisotopic (exact) mass is 223 g/mol. The van der Waals surface area contributed by atoms with Gasteiger partial charge in [0.2, 0.25) is 5.91 Å². The van der Waals surface area contributed by atoms with E-state index in [1.54, 1.807) is 0 Å². The van der Waals surface area contributed by atoms with Gasteiger partial charge >= 0.3 is 5.97 Å². The van der Waals surface area contributed by atoms with E-state index in [-0.39, 0.29) is 35.9 Å². The minimum Gasteiger partial charge on any atom is -0.462 e. The van der Waals surface area contributed by atoms with Crippen molar-refractivity contribution in [1.29, 1.82) is 0 Å². The van der Waals surface area contributed by atoms with Gasteiger partial charge in [0.25, 0.3) is 0 Å². The minimum absolute atomic E-state index is 0.0403. The maximum atomic E-state index is 11.7. The van der Waals surface area contributed by atoms with Crippen molar-refractivity contribution in [3.8, 4) is 0 Å². The lowest BCUT2D eigenvalue weighted by atomic mass is 9.83. The first kappa shape index (κ1) is 10.1. The van der Waals surface area contributed by atoms with E-state index >= 15 is 0 Å². The van der Waals surface area contributed by atoms with Crippen LogP contribution in [0.15, 0.2) is 0 Å². The molecular formula is C12H17NO3. The molecule has 0 aliphatic carbocycles. The Balaban J connectivity index is 1.91. The number of carbonyl (C=O) groups is 2. The smallest absolute Gasteiger partial charge is 0.309 e. The molecule has 0 aromatic carbocycles. The van der Waals surface area contributed by atoms with Crippen molar-refractivity contribution < 1.29 is 14.3 Å². The summed E-state index contributed by atoms with van der Waals surface area (Å²) in [4.78, 5) is 25.3. The molecule has 1 amide bonds. The molecule has 3 rings (SSSR count). The Morgan fingerprint density at radius 3 is 2.94 bits per heavy atom. The van der Waals surface area contributed by atoms with E-state index in [9.17, 15) is 9.59 Å². The summed E-state index contributed by atoms with van der Waals surface area (Å²) in [6.07, 6.45) is 3.49. The summed E-state index contributed by atoms with van der Waals surface area (Å²) < 4.78 is 5.42. The number of hydrogen-bond acceptors (Lipinski definition) is 3. The van der Waals surface area contributed by atoms with Crippen LogP contribution in [0.2, 0.25) is 0 Å². The average Bonchev–Trinajstić information content (AvgIpc) is 2.67. The molecule has 0 unspecified atom stereocenters. The molecular weight excluding hydrogens is 206 g/mol. The lowest BCUT2D eigenvalue weighted by Crippen LogP contribution is -2.41. The molecule has 16 heavy (non-hydrogen) atoms. The van der Waals surface area contributed by atoms with Crippen molar-refractivity contribution in [3.63, 3.8) is 0 Å². The molecule has 0 bridgehead atoms. The summed E-state index contributed by atoms with van der Waals surface area (Å²) in [5.74, 6) is 0.386. The summed E-state index contributed by atoms with van der Waals surface area (Å²) in [6, 6.07) is 0.251. The van der Waals surface area contributed by atoms with Crippen molar-refractivity contribution in [1.82, 2.24) is 4.90 Å². The van der Waals surface area contributed by atoms with Crippen LogP contribution in [0.1, 0.15) is 32.6 Å². The second-order valence-electron chi connectivity index (χ2n) is 5.18. The molecule has 3 aliphatic heterocycles. The van der Waals surface area contributed by atoms with E-state index < -0.39 is 0 Å². The van der Waals surface area contributed by atoms with E-state index in [0.717, 1.165) is 25.8 Å². The van der Waals surface area contributed by atoms with Crippen LogP contribution >= 0.6 is 0 Å². The van der Waals surface area contributed by atoms with Gasteiger partial charge in [-0.15, -0.1) is 0 Å². The predicted octanol–water partition coefficient (Wildman–Crippen LogP) is 0.949. The molecule has 0 aromatic rings. The standard InChI is InChI=1S/C12H17NO3/c1-7-11-8-4-5-10(14)13(8)6-2-3-9(11)16-12(7)15/h7-9,11H,2-6H2,1H3/t7-,8-,9+,11+/m1/s1. The summed E-state index contributed by atoms with van der Waals surface area (Å²) in [5, 5.41) is 0. The first-order valence-electron chi connectivity index (χ1n) is 6.18. The number of carbonyl (C=O) groups excluding carboxylic acids is 2. The SMILES string of the molecule is C[C@H]1C(=O)O[C@H]2CCCN3C(=O)CC[C@@H]3[C@@H]21. The number of hydrogen-bond donors (Lipinski definition) is 0. The molecule has 0 radical (unpaired) electrons. The van der Waals surface area contributed by atoms with E-state index in [1.165, 1.54) is 0 Å². The number of nitrogens with zero attached hydrogens (tertiary/aromatic N) is 1. The zero-order valence-electron chi connectivity index (χ0n) is 9.52. The first-order chi connectivity index (χ1) is 7.68. The van der Waals surface area contributed by atoms with Gasteiger partial charge in [-0.3, -0.25) is 9.59 Å². The Hall–Kier alpha value is -1.06. The third-order valence-electron chi connectivity index (χ3n) is 4.35. The Labute approximate surface area is 94.9 Å². The number of rotatable bonds is 0. The van der Waals surface area contributed by atoms with Crippen LogP contribution in [0, 0.1) is 11.8 Å². The summed E-state index contributed by atoms with van der Waals surface area (Å²) >= 11 is 0. The summed E-state index contributed by atoms with van der Waals surface area (Å²) in [5.41, 5.74) is 0. The van der Waals surface area contributed by atoms with E-state index in [2.05, 4.69) is 0 Å². The molecule has 88 valence electrons. The van der Waals surface area contributed by atoms with Crippen molar-refractivity contribution in [2.45, 2.75) is 44.8 Å². The fourth-order valence-electron chi connectivity index (χ4n) is 3.56. The quantitative estimate of drug-likeness (QED) is 0.574. The second-order valence-corrected chi connectivity index (χ2v) is 5.18. The highest BCUT2D eigenvalue weighted by atomic mass is 16.6. The van der Waals surface area contributed by atoms with Gasteiger partial charge in [0, 0.05) is 24.9 Å². The predicted molar refractivity (Wildman–Crippen MR) is 56.5 cm³/mol. The average molecular weight is 223 g/mol. The van der Waals surface area contributed by atoms with Gasteiger partial charge in [0.05, 0.1) is 5.92 Å². The maximum Gasteiger partial charge on any atom is 0.309 e. The summed E-state index contributed by atoms with van der Waals surface area (Å²) in [6.45, 7) is 2.79. The van der Waals surface area contributed by atoms with Crippen molar-refractivity contribution >= 4 is 11.9 Å². The lowest BCUT2D eigenvalue weighted by molar-refractivity contribution is -0.144. The molecule has 3 heterocycles. The third-order valence-corrected chi connectivity index (χ3v) is 4.35. The highest BCUT2D eigenvalue weighted by Gasteiger charge is 2.51.